The third-order valence-electron chi connectivity index (χ3n) is 4.07. The van der Waals surface area contributed by atoms with Gasteiger partial charge in [-0.05, 0) is 56.2 Å². The average molecular weight is 359 g/mol. The van der Waals surface area contributed by atoms with E-state index in [0.29, 0.717) is 17.3 Å². The van der Waals surface area contributed by atoms with Crippen LogP contribution in [0.25, 0.3) is 0 Å². The van der Waals surface area contributed by atoms with Crippen molar-refractivity contribution in [2.24, 2.45) is 0 Å². The van der Waals surface area contributed by atoms with E-state index in [4.69, 9.17) is 11.6 Å². The number of halogens is 1. The van der Waals surface area contributed by atoms with Gasteiger partial charge in [0.2, 0.25) is 11.8 Å². The zero-order valence-corrected chi connectivity index (χ0v) is 15.8. The Hall–Kier alpha value is -2.33. The second-order valence-corrected chi connectivity index (χ2v) is 6.42. The van der Waals surface area contributed by atoms with Crippen molar-refractivity contribution in [2.45, 2.75) is 27.7 Å². The number of aryl methyl sites for hydroxylation is 2. The molecular formula is C20H23ClN2O2. The van der Waals surface area contributed by atoms with Gasteiger partial charge in [-0.1, -0.05) is 29.8 Å². The first-order chi connectivity index (χ1) is 11.8. The lowest BCUT2D eigenvalue weighted by Crippen LogP contribution is -2.42. The molecule has 0 atom stereocenters. The third-order valence-corrected chi connectivity index (χ3v) is 4.48. The molecule has 0 aliphatic carbocycles. The molecule has 0 unspecified atom stereocenters. The van der Waals surface area contributed by atoms with Gasteiger partial charge in [-0.15, -0.1) is 0 Å². The maximum Gasteiger partial charge on any atom is 0.247 e. The molecule has 5 heteroatoms. The lowest BCUT2D eigenvalue weighted by molar-refractivity contribution is -0.121. The van der Waals surface area contributed by atoms with E-state index in [2.05, 4.69) is 0 Å². The quantitative estimate of drug-likeness (QED) is 0.796. The van der Waals surface area contributed by atoms with Crippen LogP contribution in [0.15, 0.2) is 42.5 Å². The minimum atomic E-state index is -0.200. The molecule has 2 aromatic carbocycles. The number of hydrogen-bond acceptors (Lipinski definition) is 2. The van der Waals surface area contributed by atoms with E-state index >= 15 is 0 Å². The number of rotatable bonds is 5. The monoisotopic (exact) mass is 358 g/mol. The molecule has 0 saturated carbocycles. The average Bonchev–Trinajstić information content (AvgIpc) is 2.56. The fourth-order valence-electron chi connectivity index (χ4n) is 2.65. The van der Waals surface area contributed by atoms with Crippen LogP contribution in [0.1, 0.15) is 25.0 Å². The van der Waals surface area contributed by atoms with Gasteiger partial charge in [0.1, 0.15) is 6.54 Å². The standard InChI is InChI=1S/C20H23ClN2O2/c1-5-22(17-8-6-7-14(2)11-17)20(25)13-23(16(4)24)18-10-9-15(3)19(21)12-18/h6-12H,5,13H2,1-4H3. The fraction of sp³-hybridized carbons (Fsp3) is 0.300. The van der Waals surface area contributed by atoms with Gasteiger partial charge in [0.05, 0.1) is 0 Å². The first-order valence-electron chi connectivity index (χ1n) is 8.24. The van der Waals surface area contributed by atoms with Crippen LogP contribution < -0.4 is 9.80 Å². The minimum absolute atomic E-state index is 0.0312. The summed E-state index contributed by atoms with van der Waals surface area (Å²) in [7, 11) is 0. The molecule has 0 fully saturated rings. The number of benzene rings is 2. The van der Waals surface area contributed by atoms with Gasteiger partial charge in [-0.2, -0.15) is 0 Å². The molecule has 0 aliphatic rings. The summed E-state index contributed by atoms with van der Waals surface area (Å²) >= 11 is 6.17. The first-order valence-corrected chi connectivity index (χ1v) is 8.62. The zero-order chi connectivity index (χ0) is 18.6. The van der Waals surface area contributed by atoms with Crippen LogP contribution in [0, 0.1) is 13.8 Å². The summed E-state index contributed by atoms with van der Waals surface area (Å²) in [6.45, 7) is 7.74. The Labute approximate surface area is 154 Å². The Morgan fingerprint density at radius 2 is 1.68 bits per heavy atom. The summed E-state index contributed by atoms with van der Waals surface area (Å²) in [6.07, 6.45) is 0. The van der Waals surface area contributed by atoms with Crippen molar-refractivity contribution in [2.75, 3.05) is 22.9 Å². The van der Waals surface area contributed by atoms with Crippen LogP contribution in [0.2, 0.25) is 5.02 Å². The summed E-state index contributed by atoms with van der Waals surface area (Å²) < 4.78 is 0. The van der Waals surface area contributed by atoms with Crippen LogP contribution in [0.4, 0.5) is 11.4 Å². The van der Waals surface area contributed by atoms with E-state index in [0.717, 1.165) is 16.8 Å². The Morgan fingerprint density at radius 1 is 1.00 bits per heavy atom. The van der Waals surface area contributed by atoms with E-state index < -0.39 is 0 Å². The second-order valence-electron chi connectivity index (χ2n) is 6.02. The maximum absolute atomic E-state index is 12.8. The Balaban J connectivity index is 2.27. The van der Waals surface area contributed by atoms with Crippen LogP contribution >= 0.6 is 11.6 Å². The van der Waals surface area contributed by atoms with Gasteiger partial charge >= 0.3 is 0 Å². The fourth-order valence-corrected chi connectivity index (χ4v) is 2.83. The minimum Gasteiger partial charge on any atom is -0.311 e. The van der Waals surface area contributed by atoms with Gasteiger partial charge in [0.25, 0.3) is 0 Å². The molecule has 0 bridgehead atoms. The van der Waals surface area contributed by atoms with E-state index in [1.165, 1.54) is 11.8 Å². The maximum atomic E-state index is 12.8. The number of amides is 2. The molecular weight excluding hydrogens is 336 g/mol. The summed E-state index contributed by atoms with van der Waals surface area (Å²) in [5.41, 5.74) is 3.46. The molecule has 0 N–H and O–H groups in total. The Bertz CT molecular complexity index is 789. The van der Waals surface area contributed by atoms with E-state index in [1.54, 1.807) is 17.0 Å². The molecule has 0 aliphatic heterocycles. The summed E-state index contributed by atoms with van der Waals surface area (Å²) in [6, 6.07) is 13.1. The summed E-state index contributed by atoms with van der Waals surface area (Å²) in [5.74, 6) is -0.339. The van der Waals surface area contributed by atoms with Crippen LogP contribution in [-0.4, -0.2) is 24.9 Å². The lowest BCUT2D eigenvalue weighted by Gasteiger charge is -2.27. The van der Waals surface area contributed by atoms with Crippen LogP contribution in [0.3, 0.4) is 0 Å². The number of carbonyl (C=O) groups is 2. The second kappa shape index (κ2) is 8.17. The van der Waals surface area contributed by atoms with Crippen LogP contribution in [-0.2, 0) is 9.59 Å². The van der Waals surface area contributed by atoms with Crippen molar-refractivity contribution in [1.82, 2.24) is 0 Å². The number of nitrogens with zero attached hydrogens (tertiary/aromatic N) is 2. The molecule has 0 heterocycles. The number of hydrogen-bond donors (Lipinski definition) is 0. The molecule has 4 nitrogen and oxygen atoms in total. The number of carbonyl (C=O) groups excluding carboxylic acids is 2. The van der Waals surface area contributed by atoms with E-state index in [-0.39, 0.29) is 18.4 Å². The molecule has 25 heavy (non-hydrogen) atoms. The topological polar surface area (TPSA) is 40.6 Å². The highest BCUT2D eigenvalue weighted by molar-refractivity contribution is 6.31. The van der Waals surface area contributed by atoms with Crippen LogP contribution in [0.5, 0.6) is 0 Å². The molecule has 0 aromatic heterocycles. The van der Waals surface area contributed by atoms with E-state index in [1.807, 2.05) is 51.1 Å². The Kier molecular flexibility index (Phi) is 6.21. The zero-order valence-electron chi connectivity index (χ0n) is 15.0. The molecule has 2 amide bonds. The molecule has 0 saturated heterocycles. The molecule has 132 valence electrons. The number of anilines is 2. The normalized spacial score (nSPS) is 10.4. The van der Waals surface area contributed by atoms with Gasteiger partial charge in [0.15, 0.2) is 0 Å². The van der Waals surface area contributed by atoms with E-state index in [9.17, 15) is 9.59 Å². The first kappa shape index (κ1) is 19.0. The van der Waals surface area contributed by atoms with Gasteiger partial charge in [0, 0.05) is 29.9 Å². The van der Waals surface area contributed by atoms with Gasteiger partial charge in [-0.25, -0.2) is 0 Å². The highest BCUT2D eigenvalue weighted by atomic mass is 35.5. The van der Waals surface area contributed by atoms with Crippen molar-refractivity contribution in [3.63, 3.8) is 0 Å². The van der Waals surface area contributed by atoms with Gasteiger partial charge < -0.3 is 9.80 Å². The van der Waals surface area contributed by atoms with Crippen molar-refractivity contribution in [3.8, 4) is 0 Å². The predicted molar refractivity (Wildman–Crippen MR) is 103 cm³/mol. The predicted octanol–water partition coefficient (Wildman–Crippen LogP) is 4.36. The smallest absolute Gasteiger partial charge is 0.247 e. The number of likely N-dealkylation sites (N-methyl/N-ethyl adjacent to an activating group) is 1. The molecule has 2 rings (SSSR count). The molecule has 0 radical (unpaired) electrons. The van der Waals surface area contributed by atoms with Gasteiger partial charge in [-0.3, -0.25) is 9.59 Å². The highest BCUT2D eigenvalue weighted by Gasteiger charge is 2.21. The molecule has 0 spiro atoms. The van der Waals surface area contributed by atoms with Crippen molar-refractivity contribution < 1.29 is 9.59 Å². The third kappa shape index (κ3) is 4.60. The summed E-state index contributed by atoms with van der Waals surface area (Å²) in [4.78, 5) is 28.0. The summed E-state index contributed by atoms with van der Waals surface area (Å²) in [5, 5.41) is 0.572. The van der Waals surface area contributed by atoms with Crippen molar-refractivity contribution >= 4 is 34.8 Å². The highest BCUT2D eigenvalue weighted by Crippen LogP contribution is 2.24. The van der Waals surface area contributed by atoms with Crippen molar-refractivity contribution in [1.29, 1.82) is 0 Å². The molecule has 2 aromatic rings. The van der Waals surface area contributed by atoms with Crippen molar-refractivity contribution in [3.05, 3.63) is 58.6 Å². The Morgan fingerprint density at radius 3 is 2.24 bits per heavy atom. The lowest BCUT2D eigenvalue weighted by atomic mass is 10.2. The SMILES string of the molecule is CCN(C(=O)CN(C(C)=O)c1ccc(C)c(Cl)c1)c1cccc(C)c1. The largest absolute Gasteiger partial charge is 0.311 e.